The number of unbranched alkanes of at least 4 members (excludes halogenated alkanes) is 1. The van der Waals surface area contributed by atoms with Crippen LogP contribution in [0.15, 0.2) is 30.3 Å². The molecule has 0 radical (unpaired) electrons. The summed E-state index contributed by atoms with van der Waals surface area (Å²) in [5, 5.41) is 0. The Kier molecular flexibility index (Phi) is 3.81. The van der Waals surface area contributed by atoms with Crippen molar-refractivity contribution in [3.63, 3.8) is 0 Å². The molecule has 0 amide bonds. The fraction of sp³-hybridized carbons (Fsp3) is 0.400. The molecule has 0 heterocycles. The van der Waals surface area contributed by atoms with Crippen molar-refractivity contribution in [3.05, 3.63) is 30.3 Å². The number of rotatable bonds is 4. The van der Waals surface area contributed by atoms with E-state index in [2.05, 4.69) is 37.3 Å². The zero-order chi connectivity index (χ0) is 7.94. The van der Waals surface area contributed by atoms with Crippen LogP contribution in [0.2, 0.25) is 6.32 Å². The first-order chi connectivity index (χ1) is 5.43. The lowest BCUT2D eigenvalue weighted by molar-refractivity contribution is 0.881. The highest BCUT2D eigenvalue weighted by Crippen LogP contribution is 1.93. The van der Waals surface area contributed by atoms with Crippen molar-refractivity contribution in [2.24, 2.45) is 0 Å². The van der Waals surface area contributed by atoms with Crippen molar-refractivity contribution in [1.82, 2.24) is 0 Å². The van der Waals surface area contributed by atoms with Gasteiger partial charge in [0.15, 0.2) is 7.28 Å². The number of hydrogen-bond donors (Lipinski definition) is 0. The highest BCUT2D eigenvalue weighted by Gasteiger charge is 1.92. The van der Waals surface area contributed by atoms with Gasteiger partial charge in [0.2, 0.25) is 0 Å². The van der Waals surface area contributed by atoms with Gasteiger partial charge in [-0.25, -0.2) is 0 Å². The van der Waals surface area contributed by atoms with Crippen molar-refractivity contribution in [1.29, 1.82) is 0 Å². The van der Waals surface area contributed by atoms with E-state index in [1.54, 1.807) is 0 Å². The van der Waals surface area contributed by atoms with Crippen LogP contribution < -0.4 is 5.46 Å². The van der Waals surface area contributed by atoms with Gasteiger partial charge >= 0.3 is 0 Å². The normalized spacial score (nSPS) is 9.55. The standard InChI is InChI=1S/C10H15B/c1-2-3-9-11-10-7-5-4-6-8-10/h4-8,11H,2-3,9H2,1H3. The van der Waals surface area contributed by atoms with E-state index >= 15 is 0 Å². The molecule has 1 rings (SSSR count). The van der Waals surface area contributed by atoms with Gasteiger partial charge in [0.05, 0.1) is 0 Å². The summed E-state index contributed by atoms with van der Waals surface area (Å²) in [6.45, 7) is 2.24. The van der Waals surface area contributed by atoms with Crippen molar-refractivity contribution in [2.45, 2.75) is 26.1 Å². The zero-order valence-electron chi connectivity index (χ0n) is 7.22. The molecule has 0 aliphatic rings. The van der Waals surface area contributed by atoms with E-state index in [0.717, 1.165) is 0 Å². The summed E-state index contributed by atoms with van der Waals surface area (Å²) in [6.07, 6.45) is 4.00. The van der Waals surface area contributed by atoms with Crippen LogP contribution in [0.25, 0.3) is 0 Å². The third kappa shape index (κ3) is 3.27. The quantitative estimate of drug-likeness (QED) is 0.450. The Labute approximate surface area is 69.9 Å². The van der Waals surface area contributed by atoms with Gasteiger partial charge in [-0.2, -0.15) is 0 Å². The molecule has 1 heteroatoms. The summed E-state index contributed by atoms with van der Waals surface area (Å²) < 4.78 is 0. The summed E-state index contributed by atoms with van der Waals surface area (Å²) in [4.78, 5) is 0. The van der Waals surface area contributed by atoms with Crippen LogP contribution in [0.5, 0.6) is 0 Å². The Hall–Kier alpha value is -0.715. The second-order valence-electron chi connectivity index (χ2n) is 2.94. The Morgan fingerprint density at radius 1 is 1.18 bits per heavy atom. The van der Waals surface area contributed by atoms with Crippen LogP contribution in [-0.4, -0.2) is 7.28 Å². The van der Waals surface area contributed by atoms with Crippen molar-refractivity contribution in [2.75, 3.05) is 0 Å². The van der Waals surface area contributed by atoms with Crippen molar-refractivity contribution < 1.29 is 0 Å². The molecule has 0 spiro atoms. The Morgan fingerprint density at radius 2 is 1.91 bits per heavy atom. The highest BCUT2D eigenvalue weighted by atomic mass is 13.8. The topological polar surface area (TPSA) is 0 Å². The van der Waals surface area contributed by atoms with Gasteiger partial charge in [-0.3, -0.25) is 0 Å². The molecule has 1 aromatic rings. The van der Waals surface area contributed by atoms with Crippen LogP contribution in [0, 0.1) is 0 Å². The molecular formula is C10H15B. The summed E-state index contributed by atoms with van der Waals surface area (Å²) in [6, 6.07) is 10.7. The molecule has 0 aromatic heterocycles. The summed E-state index contributed by atoms with van der Waals surface area (Å²) in [7, 11) is 1.24. The van der Waals surface area contributed by atoms with E-state index in [-0.39, 0.29) is 0 Å². The Balaban J connectivity index is 2.28. The molecule has 1 aromatic carbocycles. The van der Waals surface area contributed by atoms with Gasteiger partial charge in [0.25, 0.3) is 0 Å². The average Bonchev–Trinajstić information content (AvgIpc) is 2.07. The molecular weight excluding hydrogens is 131 g/mol. The van der Waals surface area contributed by atoms with Crippen molar-refractivity contribution >= 4 is 12.7 Å². The molecule has 0 bridgehead atoms. The Bertz CT molecular complexity index is 181. The lowest BCUT2D eigenvalue weighted by Gasteiger charge is -1.96. The second-order valence-corrected chi connectivity index (χ2v) is 2.94. The maximum atomic E-state index is 2.24. The van der Waals surface area contributed by atoms with Gasteiger partial charge in [0, 0.05) is 0 Å². The van der Waals surface area contributed by atoms with Gasteiger partial charge in [-0.1, -0.05) is 61.9 Å². The third-order valence-electron chi connectivity index (χ3n) is 1.91. The summed E-state index contributed by atoms with van der Waals surface area (Å²) >= 11 is 0. The first kappa shape index (κ1) is 8.38. The number of benzene rings is 1. The van der Waals surface area contributed by atoms with Crippen LogP contribution in [0.4, 0.5) is 0 Å². The predicted molar refractivity (Wildman–Crippen MR) is 52.9 cm³/mol. The van der Waals surface area contributed by atoms with E-state index in [4.69, 9.17) is 0 Å². The minimum atomic E-state index is 1.24. The molecule has 58 valence electrons. The molecule has 11 heavy (non-hydrogen) atoms. The third-order valence-corrected chi connectivity index (χ3v) is 1.91. The summed E-state index contributed by atoms with van der Waals surface area (Å²) in [5.74, 6) is 0. The van der Waals surface area contributed by atoms with E-state index in [9.17, 15) is 0 Å². The molecule has 0 N–H and O–H groups in total. The molecule has 0 nitrogen and oxygen atoms in total. The fourth-order valence-electron chi connectivity index (χ4n) is 1.22. The molecule has 0 atom stereocenters. The van der Waals surface area contributed by atoms with Crippen LogP contribution in [0.3, 0.4) is 0 Å². The van der Waals surface area contributed by atoms with E-state index in [1.165, 1.54) is 31.9 Å². The highest BCUT2D eigenvalue weighted by molar-refractivity contribution is 6.53. The van der Waals surface area contributed by atoms with Crippen molar-refractivity contribution in [3.8, 4) is 0 Å². The lowest BCUT2D eigenvalue weighted by atomic mass is 9.66. The molecule has 0 saturated heterocycles. The summed E-state index contributed by atoms with van der Waals surface area (Å²) in [5.41, 5.74) is 1.47. The smallest absolute Gasteiger partial charge is 0.0845 e. The SMILES string of the molecule is CCCCBc1ccccc1. The average molecular weight is 146 g/mol. The fourth-order valence-corrected chi connectivity index (χ4v) is 1.22. The van der Waals surface area contributed by atoms with Gasteiger partial charge in [-0.05, 0) is 0 Å². The van der Waals surface area contributed by atoms with Crippen LogP contribution >= 0.6 is 0 Å². The van der Waals surface area contributed by atoms with Gasteiger partial charge in [-0.15, -0.1) is 0 Å². The number of hydrogen-bond acceptors (Lipinski definition) is 0. The van der Waals surface area contributed by atoms with E-state index in [1.807, 2.05) is 0 Å². The second kappa shape index (κ2) is 5.00. The first-order valence-electron chi connectivity index (χ1n) is 4.47. The Morgan fingerprint density at radius 3 is 2.55 bits per heavy atom. The minimum Gasteiger partial charge on any atom is -0.0845 e. The van der Waals surface area contributed by atoms with Gasteiger partial charge < -0.3 is 0 Å². The predicted octanol–water partition coefficient (Wildman–Crippen LogP) is 1.97. The monoisotopic (exact) mass is 146 g/mol. The van der Waals surface area contributed by atoms with Crippen LogP contribution in [-0.2, 0) is 0 Å². The maximum Gasteiger partial charge on any atom is 0.157 e. The van der Waals surface area contributed by atoms with E-state index < -0.39 is 0 Å². The molecule has 0 unspecified atom stereocenters. The first-order valence-corrected chi connectivity index (χ1v) is 4.47. The minimum absolute atomic E-state index is 1.24. The molecule has 0 fully saturated rings. The molecule has 0 aliphatic heterocycles. The molecule has 0 saturated carbocycles. The lowest BCUT2D eigenvalue weighted by Crippen LogP contribution is -2.11. The van der Waals surface area contributed by atoms with E-state index in [0.29, 0.717) is 0 Å². The zero-order valence-corrected chi connectivity index (χ0v) is 7.22. The molecule has 0 aliphatic carbocycles. The van der Waals surface area contributed by atoms with Crippen LogP contribution in [0.1, 0.15) is 19.8 Å². The largest absolute Gasteiger partial charge is 0.157 e. The van der Waals surface area contributed by atoms with Gasteiger partial charge in [0.1, 0.15) is 0 Å². The maximum absolute atomic E-state index is 2.24.